The van der Waals surface area contributed by atoms with Crippen molar-refractivity contribution in [2.45, 2.75) is 12.6 Å². The summed E-state index contributed by atoms with van der Waals surface area (Å²) < 4.78 is 26.8. The van der Waals surface area contributed by atoms with Crippen molar-refractivity contribution in [2.75, 3.05) is 62.2 Å². The van der Waals surface area contributed by atoms with Crippen LogP contribution in [0.25, 0.3) is 22.2 Å². The number of pyridine rings is 1. The van der Waals surface area contributed by atoms with E-state index >= 15 is 0 Å². The minimum atomic E-state index is -3.24. The Balaban J connectivity index is 1.43. The second-order valence-corrected chi connectivity index (χ2v) is 12.1. The number of sulfonamides is 1. The molecule has 4 heterocycles. The van der Waals surface area contributed by atoms with Gasteiger partial charge in [0.1, 0.15) is 11.6 Å². The standard InChI is InChI=1S/C25H30ClN9O3S/c1-32(2)20-5-6-21(34-13-16(14-34)33(3)39(4,37)38)18-12-28-23(11-17(18)20)29-22-7-8-27-25(30-22)19-15-35(9-10-36)31-24(19)26/h5-8,11-12,15-16,36H,9-10,13-14H2,1-4H3,(H,27,28,29,30). The van der Waals surface area contributed by atoms with Gasteiger partial charge in [-0.3, -0.25) is 4.68 Å². The Morgan fingerprint density at radius 2 is 1.90 bits per heavy atom. The maximum atomic E-state index is 11.9. The van der Waals surface area contributed by atoms with E-state index < -0.39 is 10.0 Å². The average molecular weight is 572 g/mol. The van der Waals surface area contributed by atoms with Gasteiger partial charge < -0.3 is 20.2 Å². The van der Waals surface area contributed by atoms with Crippen molar-refractivity contribution < 1.29 is 13.5 Å². The van der Waals surface area contributed by atoms with Crippen LogP contribution in [0.5, 0.6) is 0 Å². The fourth-order valence-electron chi connectivity index (χ4n) is 4.55. The van der Waals surface area contributed by atoms with Crippen LogP contribution in [0.4, 0.5) is 23.0 Å². The average Bonchev–Trinajstić information content (AvgIpc) is 3.22. The number of nitrogens with one attached hydrogen (secondary N) is 1. The molecule has 1 aromatic carbocycles. The van der Waals surface area contributed by atoms with Crippen molar-refractivity contribution in [1.29, 1.82) is 0 Å². The summed E-state index contributed by atoms with van der Waals surface area (Å²) in [6.07, 6.45) is 6.38. The van der Waals surface area contributed by atoms with E-state index in [0.29, 0.717) is 42.7 Å². The van der Waals surface area contributed by atoms with E-state index in [4.69, 9.17) is 11.6 Å². The van der Waals surface area contributed by atoms with Crippen molar-refractivity contribution in [1.82, 2.24) is 29.0 Å². The number of nitrogens with zero attached hydrogens (tertiary/aromatic N) is 8. The number of likely N-dealkylation sites (N-methyl/N-ethyl adjacent to an activating group) is 1. The maximum absolute atomic E-state index is 11.9. The molecule has 0 saturated carbocycles. The molecular formula is C25H30ClN9O3S. The van der Waals surface area contributed by atoms with Crippen molar-refractivity contribution >= 4 is 55.4 Å². The zero-order chi connectivity index (χ0) is 27.9. The predicted octanol–water partition coefficient (Wildman–Crippen LogP) is 2.42. The Hall–Kier alpha value is -3.52. The molecule has 4 aromatic rings. The van der Waals surface area contributed by atoms with Crippen LogP contribution in [-0.4, -0.2) is 95.7 Å². The van der Waals surface area contributed by atoms with E-state index in [9.17, 15) is 13.5 Å². The smallest absolute Gasteiger partial charge is 0.211 e. The van der Waals surface area contributed by atoms with E-state index in [-0.39, 0.29) is 17.8 Å². The largest absolute Gasteiger partial charge is 0.394 e. The van der Waals surface area contributed by atoms with E-state index in [2.05, 4.69) is 42.4 Å². The third-order valence-electron chi connectivity index (χ3n) is 6.78. The molecule has 0 aliphatic carbocycles. The Bertz CT molecular complexity index is 1620. The minimum Gasteiger partial charge on any atom is -0.394 e. The van der Waals surface area contributed by atoms with Crippen LogP contribution < -0.4 is 15.1 Å². The lowest BCUT2D eigenvalue weighted by Gasteiger charge is -2.44. The summed E-state index contributed by atoms with van der Waals surface area (Å²) in [7, 11) is 2.35. The highest BCUT2D eigenvalue weighted by Gasteiger charge is 2.35. The van der Waals surface area contributed by atoms with Crippen molar-refractivity contribution in [2.24, 2.45) is 0 Å². The molecule has 0 spiro atoms. The van der Waals surface area contributed by atoms with Crippen molar-refractivity contribution in [3.8, 4) is 11.4 Å². The second kappa shape index (κ2) is 10.6. The minimum absolute atomic E-state index is 0.0553. The van der Waals surface area contributed by atoms with Gasteiger partial charge in [-0.05, 0) is 24.3 Å². The number of hydrogen-bond acceptors (Lipinski definition) is 10. The number of aliphatic hydroxyl groups excluding tert-OH is 1. The molecule has 5 rings (SSSR count). The fraction of sp³-hybridized carbons (Fsp3) is 0.360. The summed E-state index contributed by atoms with van der Waals surface area (Å²) >= 11 is 6.28. The van der Waals surface area contributed by atoms with Gasteiger partial charge in [0.15, 0.2) is 11.0 Å². The van der Waals surface area contributed by atoms with Gasteiger partial charge in [0.05, 0.1) is 31.0 Å². The predicted molar refractivity (Wildman–Crippen MR) is 153 cm³/mol. The topological polar surface area (TPSA) is 133 Å². The summed E-state index contributed by atoms with van der Waals surface area (Å²) in [5, 5.41) is 18.8. The molecule has 1 fully saturated rings. The van der Waals surface area contributed by atoms with Gasteiger partial charge in [-0.1, -0.05) is 11.6 Å². The van der Waals surface area contributed by atoms with Crippen LogP contribution in [0.2, 0.25) is 5.15 Å². The summed E-state index contributed by atoms with van der Waals surface area (Å²) in [5.74, 6) is 1.54. The molecule has 39 heavy (non-hydrogen) atoms. The fourth-order valence-corrected chi connectivity index (χ4v) is 5.46. The van der Waals surface area contributed by atoms with Crippen LogP contribution in [-0.2, 0) is 16.6 Å². The number of aliphatic hydroxyl groups is 1. The first-order valence-corrected chi connectivity index (χ1v) is 14.5. The molecule has 1 saturated heterocycles. The Morgan fingerprint density at radius 3 is 2.59 bits per heavy atom. The molecule has 0 radical (unpaired) electrons. The van der Waals surface area contributed by atoms with Gasteiger partial charge >= 0.3 is 0 Å². The van der Waals surface area contributed by atoms with E-state index in [1.165, 1.54) is 10.6 Å². The number of anilines is 4. The Labute approximate surface area is 231 Å². The maximum Gasteiger partial charge on any atom is 0.211 e. The Kier molecular flexibility index (Phi) is 7.33. The molecule has 0 atom stereocenters. The normalized spacial score (nSPS) is 14.2. The van der Waals surface area contributed by atoms with E-state index in [1.807, 2.05) is 31.3 Å². The summed E-state index contributed by atoms with van der Waals surface area (Å²) in [6, 6.07) is 7.77. The Morgan fingerprint density at radius 1 is 1.13 bits per heavy atom. The molecule has 1 aliphatic rings. The quantitative estimate of drug-likeness (QED) is 0.308. The summed E-state index contributed by atoms with van der Waals surface area (Å²) in [6.45, 7) is 1.49. The van der Waals surface area contributed by atoms with Crippen molar-refractivity contribution in [3.05, 3.63) is 48.0 Å². The number of hydrogen-bond donors (Lipinski definition) is 2. The first kappa shape index (κ1) is 27.1. The molecule has 14 heteroatoms. The summed E-state index contributed by atoms with van der Waals surface area (Å²) in [5.41, 5.74) is 2.59. The number of fused-ring (bicyclic) bond motifs is 1. The molecule has 2 N–H and O–H groups in total. The molecule has 0 amide bonds. The molecule has 1 aliphatic heterocycles. The lowest BCUT2D eigenvalue weighted by Crippen LogP contribution is -2.59. The van der Waals surface area contributed by atoms with Crippen LogP contribution >= 0.6 is 11.6 Å². The second-order valence-electron chi connectivity index (χ2n) is 9.66. The first-order valence-electron chi connectivity index (χ1n) is 12.3. The number of rotatable bonds is 9. The van der Waals surface area contributed by atoms with Crippen LogP contribution in [0.15, 0.2) is 42.9 Å². The molecule has 206 valence electrons. The zero-order valence-corrected chi connectivity index (χ0v) is 23.6. The highest BCUT2D eigenvalue weighted by Crippen LogP contribution is 2.37. The van der Waals surface area contributed by atoms with Crippen LogP contribution in [0.1, 0.15) is 0 Å². The summed E-state index contributed by atoms with van der Waals surface area (Å²) in [4.78, 5) is 17.8. The highest BCUT2D eigenvalue weighted by atomic mass is 35.5. The molecule has 0 bridgehead atoms. The third kappa shape index (κ3) is 5.48. The SMILES string of the molecule is CN(C)c1ccc(N2CC(N(C)S(C)(=O)=O)C2)c2cnc(Nc3ccnc(-c4cn(CCO)nc4Cl)n3)cc12. The van der Waals surface area contributed by atoms with Gasteiger partial charge in [-0.2, -0.15) is 9.40 Å². The molecule has 12 nitrogen and oxygen atoms in total. The first-order chi connectivity index (χ1) is 18.5. The number of benzene rings is 1. The molecular weight excluding hydrogens is 542 g/mol. The number of halogens is 1. The van der Waals surface area contributed by atoms with Gasteiger partial charge in [0, 0.05) is 75.0 Å². The lowest BCUT2D eigenvalue weighted by atomic mass is 10.0. The lowest BCUT2D eigenvalue weighted by molar-refractivity contribution is 0.269. The van der Waals surface area contributed by atoms with E-state index in [0.717, 1.165) is 22.1 Å². The third-order valence-corrected chi connectivity index (χ3v) is 8.40. The molecule has 3 aromatic heterocycles. The van der Waals surface area contributed by atoms with Gasteiger partial charge in [0.2, 0.25) is 10.0 Å². The van der Waals surface area contributed by atoms with Crippen LogP contribution in [0, 0.1) is 0 Å². The van der Waals surface area contributed by atoms with Crippen molar-refractivity contribution in [3.63, 3.8) is 0 Å². The zero-order valence-electron chi connectivity index (χ0n) is 22.1. The highest BCUT2D eigenvalue weighted by molar-refractivity contribution is 7.88. The monoisotopic (exact) mass is 571 g/mol. The van der Waals surface area contributed by atoms with Gasteiger partial charge in [-0.25, -0.2) is 23.4 Å². The molecule has 0 unspecified atom stereocenters. The number of aromatic nitrogens is 5. The van der Waals surface area contributed by atoms with Gasteiger partial charge in [0.25, 0.3) is 0 Å². The van der Waals surface area contributed by atoms with E-state index in [1.54, 1.807) is 30.2 Å². The van der Waals surface area contributed by atoms with Gasteiger partial charge in [-0.15, -0.1) is 0 Å². The van der Waals surface area contributed by atoms with Crippen LogP contribution in [0.3, 0.4) is 0 Å².